The molecule has 104 valence electrons. The molecule has 0 aliphatic carbocycles. The molecular weight excluding hydrogens is 240 g/mol. The average molecular weight is 262 g/mol. The maximum atomic E-state index is 11.9. The number of hydrogen-bond donors (Lipinski definition) is 1. The van der Waals surface area contributed by atoms with Gasteiger partial charge in [-0.15, -0.1) is 0 Å². The topological polar surface area (TPSA) is 48.5 Å². The third kappa shape index (κ3) is 3.59. The third-order valence-electron chi connectivity index (χ3n) is 3.51. The van der Waals surface area contributed by atoms with E-state index in [2.05, 4.69) is 22.1 Å². The molecule has 5 nitrogen and oxygen atoms in total. The molecule has 2 heterocycles. The summed E-state index contributed by atoms with van der Waals surface area (Å²) in [5.41, 5.74) is 1.08. The Hall–Kier alpha value is -1.78. The van der Waals surface area contributed by atoms with Crippen LogP contribution in [0.1, 0.15) is 25.3 Å². The van der Waals surface area contributed by atoms with Crippen LogP contribution in [0.3, 0.4) is 0 Å². The van der Waals surface area contributed by atoms with Gasteiger partial charge in [-0.2, -0.15) is 0 Å². The van der Waals surface area contributed by atoms with Crippen molar-refractivity contribution in [3.8, 4) is 0 Å². The summed E-state index contributed by atoms with van der Waals surface area (Å²) < 4.78 is 0. The fraction of sp³-hybridized carbons (Fsp3) is 0.571. The van der Waals surface area contributed by atoms with Crippen LogP contribution in [0.4, 0.5) is 10.6 Å². The minimum absolute atomic E-state index is 0.0414. The predicted molar refractivity (Wildman–Crippen MR) is 76.2 cm³/mol. The van der Waals surface area contributed by atoms with Crippen molar-refractivity contribution < 1.29 is 4.79 Å². The van der Waals surface area contributed by atoms with Crippen molar-refractivity contribution >= 4 is 11.8 Å². The number of urea groups is 1. The third-order valence-corrected chi connectivity index (χ3v) is 3.51. The van der Waals surface area contributed by atoms with Crippen LogP contribution in [0.15, 0.2) is 18.3 Å². The molecule has 0 saturated carbocycles. The molecular formula is C14H22N4O. The molecule has 1 aliphatic rings. The molecule has 0 radical (unpaired) electrons. The number of rotatable bonds is 4. The van der Waals surface area contributed by atoms with E-state index in [1.807, 2.05) is 24.1 Å². The molecule has 5 heteroatoms. The molecule has 0 aromatic carbocycles. The summed E-state index contributed by atoms with van der Waals surface area (Å²) >= 11 is 0. The first-order valence-corrected chi connectivity index (χ1v) is 6.89. The van der Waals surface area contributed by atoms with E-state index >= 15 is 0 Å². The molecule has 0 spiro atoms. The van der Waals surface area contributed by atoms with Crippen LogP contribution in [-0.2, 0) is 6.54 Å². The zero-order chi connectivity index (χ0) is 13.7. The Balaban J connectivity index is 1.90. The number of anilines is 1. The van der Waals surface area contributed by atoms with E-state index in [-0.39, 0.29) is 6.03 Å². The van der Waals surface area contributed by atoms with Crippen LogP contribution in [0, 0.1) is 0 Å². The Kier molecular flexibility index (Phi) is 4.60. The summed E-state index contributed by atoms with van der Waals surface area (Å²) in [6, 6.07) is 4.00. The van der Waals surface area contributed by atoms with Gasteiger partial charge in [-0.1, -0.05) is 0 Å². The van der Waals surface area contributed by atoms with Gasteiger partial charge in [0.1, 0.15) is 5.82 Å². The minimum atomic E-state index is 0.0414. The van der Waals surface area contributed by atoms with E-state index < -0.39 is 0 Å². The number of amides is 2. The van der Waals surface area contributed by atoms with E-state index in [1.54, 1.807) is 6.20 Å². The first kappa shape index (κ1) is 13.6. The molecule has 0 bridgehead atoms. The normalized spacial score (nSPS) is 14.5. The van der Waals surface area contributed by atoms with Crippen molar-refractivity contribution in [2.24, 2.45) is 0 Å². The first-order chi connectivity index (χ1) is 9.20. The number of pyridine rings is 1. The Morgan fingerprint density at radius 1 is 1.47 bits per heavy atom. The number of nitrogens with one attached hydrogen (secondary N) is 1. The minimum Gasteiger partial charge on any atom is -0.360 e. The van der Waals surface area contributed by atoms with Crippen LogP contribution in [-0.4, -0.2) is 42.6 Å². The average Bonchev–Trinajstić information content (AvgIpc) is 2.98. The first-order valence-electron chi connectivity index (χ1n) is 6.89. The number of likely N-dealkylation sites (tertiary alicyclic amines) is 1. The standard InChI is InChI=1S/C14H22N4O/c1-3-17(2)13-10-12(6-7-15-13)11-16-14(19)18-8-4-5-9-18/h6-7,10H,3-5,8-9,11H2,1-2H3,(H,16,19). The van der Waals surface area contributed by atoms with Crippen LogP contribution < -0.4 is 10.2 Å². The van der Waals surface area contributed by atoms with Gasteiger partial charge >= 0.3 is 6.03 Å². The van der Waals surface area contributed by atoms with Crippen molar-refractivity contribution in [2.45, 2.75) is 26.3 Å². The lowest BCUT2D eigenvalue weighted by molar-refractivity contribution is 0.208. The second-order valence-corrected chi connectivity index (χ2v) is 4.89. The summed E-state index contributed by atoms with van der Waals surface area (Å²) in [5.74, 6) is 0.940. The summed E-state index contributed by atoms with van der Waals surface area (Å²) in [6.45, 7) is 5.32. The van der Waals surface area contributed by atoms with E-state index in [0.717, 1.165) is 43.9 Å². The Bertz CT molecular complexity index is 429. The van der Waals surface area contributed by atoms with Gasteiger partial charge in [0.05, 0.1) is 0 Å². The maximum absolute atomic E-state index is 11.9. The number of hydrogen-bond acceptors (Lipinski definition) is 3. The van der Waals surface area contributed by atoms with Gasteiger partial charge in [-0.3, -0.25) is 0 Å². The van der Waals surface area contributed by atoms with E-state index in [4.69, 9.17) is 0 Å². The Labute approximate surface area is 114 Å². The van der Waals surface area contributed by atoms with Crippen molar-refractivity contribution in [3.05, 3.63) is 23.9 Å². The SMILES string of the molecule is CCN(C)c1cc(CNC(=O)N2CCCC2)ccn1. The predicted octanol–water partition coefficient (Wildman–Crippen LogP) is 1.84. The van der Waals surface area contributed by atoms with Crippen molar-refractivity contribution in [1.29, 1.82) is 0 Å². The van der Waals surface area contributed by atoms with Crippen LogP contribution >= 0.6 is 0 Å². The van der Waals surface area contributed by atoms with Gasteiger partial charge in [-0.25, -0.2) is 9.78 Å². The summed E-state index contributed by atoms with van der Waals surface area (Å²) in [7, 11) is 2.01. The monoisotopic (exact) mass is 262 g/mol. The molecule has 1 fully saturated rings. The second kappa shape index (κ2) is 6.41. The molecule has 1 aliphatic heterocycles. The molecule has 19 heavy (non-hydrogen) atoms. The van der Waals surface area contributed by atoms with Gasteiger partial charge in [-0.05, 0) is 37.5 Å². The van der Waals surface area contributed by atoms with Crippen LogP contribution in [0.5, 0.6) is 0 Å². The number of aromatic nitrogens is 1. The molecule has 2 amide bonds. The van der Waals surface area contributed by atoms with Gasteiger partial charge < -0.3 is 15.1 Å². The molecule has 0 unspecified atom stereocenters. The summed E-state index contributed by atoms with van der Waals surface area (Å²) in [5, 5.41) is 2.97. The van der Waals surface area contributed by atoms with Crippen LogP contribution in [0.25, 0.3) is 0 Å². The van der Waals surface area contributed by atoms with E-state index in [9.17, 15) is 4.79 Å². The molecule has 0 atom stereocenters. The molecule has 1 N–H and O–H groups in total. The van der Waals surface area contributed by atoms with Crippen molar-refractivity contribution in [2.75, 3.05) is 31.6 Å². The smallest absolute Gasteiger partial charge is 0.317 e. The van der Waals surface area contributed by atoms with Crippen LogP contribution in [0.2, 0.25) is 0 Å². The highest BCUT2D eigenvalue weighted by atomic mass is 16.2. The Morgan fingerprint density at radius 3 is 2.89 bits per heavy atom. The second-order valence-electron chi connectivity index (χ2n) is 4.89. The van der Waals surface area contributed by atoms with Crippen molar-refractivity contribution in [3.63, 3.8) is 0 Å². The van der Waals surface area contributed by atoms with E-state index in [0.29, 0.717) is 6.54 Å². The molecule has 1 aromatic rings. The number of nitrogens with zero attached hydrogens (tertiary/aromatic N) is 3. The van der Waals surface area contributed by atoms with Gasteiger partial charge in [0.15, 0.2) is 0 Å². The molecule has 1 saturated heterocycles. The quantitative estimate of drug-likeness (QED) is 0.900. The lowest BCUT2D eigenvalue weighted by atomic mass is 10.2. The number of carbonyl (C=O) groups excluding carboxylic acids is 1. The maximum Gasteiger partial charge on any atom is 0.317 e. The fourth-order valence-corrected chi connectivity index (χ4v) is 2.15. The van der Waals surface area contributed by atoms with E-state index in [1.165, 1.54) is 0 Å². The fourth-order valence-electron chi connectivity index (χ4n) is 2.15. The molecule has 1 aromatic heterocycles. The van der Waals surface area contributed by atoms with Gasteiger partial charge in [0, 0.05) is 39.4 Å². The van der Waals surface area contributed by atoms with Gasteiger partial charge in [0.2, 0.25) is 0 Å². The Morgan fingerprint density at radius 2 is 2.21 bits per heavy atom. The number of carbonyl (C=O) groups is 1. The highest BCUT2D eigenvalue weighted by Crippen LogP contribution is 2.11. The highest BCUT2D eigenvalue weighted by molar-refractivity contribution is 5.74. The summed E-state index contributed by atoms with van der Waals surface area (Å²) in [4.78, 5) is 20.2. The van der Waals surface area contributed by atoms with Gasteiger partial charge in [0.25, 0.3) is 0 Å². The largest absolute Gasteiger partial charge is 0.360 e. The molecule has 2 rings (SSSR count). The highest BCUT2D eigenvalue weighted by Gasteiger charge is 2.17. The lowest BCUT2D eigenvalue weighted by Crippen LogP contribution is -2.37. The lowest BCUT2D eigenvalue weighted by Gasteiger charge is -2.18. The zero-order valence-electron chi connectivity index (χ0n) is 11.7. The zero-order valence-corrected chi connectivity index (χ0v) is 11.7. The summed E-state index contributed by atoms with van der Waals surface area (Å²) in [6.07, 6.45) is 4.03. The van der Waals surface area contributed by atoms with Crippen molar-refractivity contribution in [1.82, 2.24) is 15.2 Å².